The summed E-state index contributed by atoms with van der Waals surface area (Å²) < 4.78 is 22.8. The van der Waals surface area contributed by atoms with Gasteiger partial charge in [-0.3, -0.25) is 0 Å². The Balaban J connectivity index is 0.997. The summed E-state index contributed by atoms with van der Waals surface area (Å²) >= 11 is 7.66. The molecule has 0 saturated heterocycles. The molecule has 0 spiro atoms. The normalized spacial score (nSPS) is 13.5. The van der Waals surface area contributed by atoms with Crippen LogP contribution in [0.5, 0.6) is 11.5 Å². The number of esters is 2. The van der Waals surface area contributed by atoms with E-state index in [0.717, 1.165) is 77.4 Å². The van der Waals surface area contributed by atoms with Crippen molar-refractivity contribution in [3.63, 3.8) is 0 Å². The van der Waals surface area contributed by atoms with Crippen molar-refractivity contribution in [2.24, 2.45) is 0 Å². The first kappa shape index (κ1) is 47.6. The fourth-order valence-corrected chi connectivity index (χ4v) is 11.2. The van der Waals surface area contributed by atoms with E-state index in [1.807, 2.05) is 48.5 Å². The Morgan fingerprint density at radius 1 is 0.581 bits per heavy atom. The summed E-state index contributed by atoms with van der Waals surface area (Å²) in [6.07, 6.45) is 2.27. The number of nitrogens with zero attached hydrogens (tertiary/aromatic N) is 1. The number of thiocarbonyl (C=S) groups is 1. The second-order valence-electron chi connectivity index (χ2n) is 18.0. The number of ether oxygens (including phenoxy) is 4. The molecule has 1 unspecified atom stereocenters. The van der Waals surface area contributed by atoms with Crippen LogP contribution >= 0.6 is 23.6 Å². The maximum Gasteiger partial charge on any atom is 0.330 e. The number of fused-ring (bicyclic) bond motifs is 6. The minimum Gasteiger partial charge on any atom is -0.490 e. The lowest BCUT2D eigenvalue weighted by atomic mass is 9.67. The maximum atomic E-state index is 11.5. The van der Waals surface area contributed by atoms with Crippen LogP contribution in [0.2, 0.25) is 0 Å². The van der Waals surface area contributed by atoms with Gasteiger partial charge in [-0.2, -0.15) is 0 Å². The lowest BCUT2D eigenvalue weighted by Gasteiger charge is -2.34. The molecule has 0 saturated carbocycles. The summed E-state index contributed by atoms with van der Waals surface area (Å²) in [5.41, 5.74) is 13.3. The Labute approximate surface area is 438 Å². The van der Waals surface area contributed by atoms with Gasteiger partial charge in [0.25, 0.3) is 0 Å². The van der Waals surface area contributed by atoms with Crippen LogP contribution in [0.3, 0.4) is 0 Å². The first-order valence-corrected chi connectivity index (χ1v) is 25.5. The second-order valence-corrected chi connectivity index (χ2v) is 19.4. The number of carbonyl (C=O) groups excluding carboxylic acids is 2. The Kier molecular flexibility index (Phi) is 13.1. The molecule has 10 heteroatoms. The van der Waals surface area contributed by atoms with E-state index in [2.05, 4.69) is 159 Å². The molecule has 1 aromatic heterocycles. The lowest BCUT2D eigenvalue weighted by molar-refractivity contribution is -0.139. The maximum absolute atomic E-state index is 11.5. The van der Waals surface area contributed by atoms with Crippen molar-refractivity contribution in [2.45, 2.75) is 12.3 Å². The van der Waals surface area contributed by atoms with Gasteiger partial charge in [0.2, 0.25) is 0 Å². The fraction of sp³-hybridized carbons (Fsp3) is 0.0938. The van der Waals surface area contributed by atoms with Crippen LogP contribution in [-0.2, 0) is 24.5 Å². The molecule has 10 aromatic rings. The minimum atomic E-state index is -0.739. The molecule has 362 valence electrons. The van der Waals surface area contributed by atoms with E-state index in [1.54, 1.807) is 11.3 Å². The third kappa shape index (κ3) is 9.21. The number of carbonyl (C=O) groups is 2. The Bertz CT molecular complexity index is 3840. The minimum absolute atomic E-state index is 0.123. The number of benzene rings is 9. The summed E-state index contributed by atoms with van der Waals surface area (Å²) in [4.78, 5) is 28.6. The largest absolute Gasteiger partial charge is 0.490 e. The van der Waals surface area contributed by atoms with Gasteiger partial charge in [-0.05, 0) is 170 Å². The molecule has 74 heavy (non-hydrogen) atoms. The second kappa shape index (κ2) is 20.4. The summed E-state index contributed by atoms with van der Waals surface area (Å²) in [6, 6.07) is 64.4. The number of nitrogens with one attached hydrogen (secondary N) is 1. The lowest BCUT2D eigenvalue weighted by Crippen LogP contribution is -2.29. The molecule has 1 aliphatic carbocycles. The van der Waals surface area contributed by atoms with Crippen molar-refractivity contribution in [3.05, 3.63) is 241 Å². The number of rotatable bonds is 16. The van der Waals surface area contributed by atoms with E-state index < -0.39 is 17.4 Å². The van der Waals surface area contributed by atoms with Gasteiger partial charge in [-0.1, -0.05) is 116 Å². The Hall–Kier alpha value is -8.70. The topological polar surface area (TPSA) is 96.0 Å². The monoisotopic (exact) mass is 1000 g/mol. The van der Waals surface area contributed by atoms with Crippen molar-refractivity contribution in [1.82, 2.24) is 4.98 Å². The summed E-state index contributed by atoms with van der Waals surface area (Å²) in [5.74, 6) is 0.346. The van der Waals surface area contributed by atoms with Crippen LogP contribution in [-0.4, -0.2) is 48.3 Å². The molecule has 0 aliphatic heterocycles. The van der Waals surface area contributed by atoms with Crippen molar-refractivity contribution < 1.29 is 28.5 Å². The Morgan fingerprint density at radius 2 is 1.15 bits per heavy atom. The zero-order valence-corrected chi connectivity index (χ0v) is 42.1. The van der Waals surface area contributed by atoms with Crippen LogP contribution in [0.25, 0.3) is 64.6 Å². The molecule has 9 aromatic carbocycles. The van der Waals surface area contributed by atoms with Crippen LogP contribution in [0.15, 0.2) is 207 Å². The van der Waals surface area contributed by atoms with Gasteiger partial charge in [-0.15, -0.1) is 11.3 Å². The molecule has 1 aliphatic rings. The molecule has 0 bridgehead atoms. The summed E-state index contributed by atoms with van der Waals surface area (Å²) in [6.45, 7) is 9.70. The number of aryl methyl sites for hydroxylation is 1. The average molecular weight is 1010 g/mol. The van der Waals surface area contributed by atoms with Crippen molar-refractivity contribution in [3.8, 4) is 44.3 Å². The van der Waals surface area contributed by atoms with E-state index in [-0.39, 0.29) is 26.4 Å². The molecular formula is C64H48N2O6S2. The van der Waals surface area contributed by atoms with Gasteiger partial charge in [-0.25, -0.2) is 14.6 Å². The molecule has 1 heterocycles. The molecule has 0 fully saturated rings. The van der Waals surface area contributed by atoms with E-state index in [9.17, 15) is 9.59 Å². The van der Waals surface area contributed by atoms with Gasteiger partial charge in [0, 0.05) is 29.0 Å². The van der Waals surface area contributed by atoms with Crippen LogP contribution in [0.1, 0.15) is 33.4 Å². The highest BCUT2D eigenvalue weighted by molar-refractivity contribution is 7.81. The number of hydrogen-bond acceptors (Lipinski definition) is 9. The zero-order chi connectivity index (χ0) is 50.8. The first-order valence-electron chi connectivity index (χ1n) is 24.2. The predicted molar refractivity (Wildman–Crippen MR) is 303 cm³/mol. The van der Waals surface area contributed by atoms with E-state index in [4.69, 9.17) is 36.1 Å². The Morgan fingerprint density at radius 3 is 1.82 bits per heavy atom. The number of hydrogen-bond donors (Lipinski definition) is 1. The van der Waals surface area contributed by atoms with Gasteiger partial charge in [0.05, 0.1) is 15.6 Å². The van der Waals surface area contributed by atoms with Gasteiger partial charge < -0.3 is 24.3 Å². The molecule has 1 N–H and O–H groups in total. The van der Waals surface area contributed by atoms with E-state index >= 15 is 0 Å². The zero-order valence-electron chi connectivity index (χ0n) is 40.4. The smallest absolute Gasteiger partial charge is 0.330 e. The van der Waals surface area contributed by atoms with Crippen LogP contribution in [0, 0.1) is 6.92 Å². The highest BCUT2D eigenvalue weighted by atomic mass is 32.1. The van der Waals surface area contributed by atoms with E-state index in [0.29, 0.717) is 16.5 Å². The molecular weight excluding hydrogens is 957 g/mol. The molecule has 0 radical (unpaired) electrons. The standard InChI is InChI=1S/C64H48N2O6S2/c1-4-60(67)71-32-30-69-51-23-16-42(17-24-51)62(73)65-57-28-21-49(34-40(57)3)64(50-22-29-58-59(39-50)74-63(66-58)43-18-25-52(26-19-43)70-31-33-72-61(68)5-2)55-27-20-48(47-15-14-41-10-6-7-11-44(41)35-47)37-53(55)54-36-45-12-8-9-13-46(45)38-56(54)64/h4-29,34-39H,1-2,30-33H2,3H3,(H,65,73). The van der Waals surface area contributed by atoms with Crippen molar-refractivity contribution >= 4 is 77.9 Å². The number of anilines is 1. The third-order valence-corrected chi connectivity index (χ3v) is 15.0. The quantitative estimate of drug-likeness (QED) is 0.0439. The molecule has 8 nitrogen and oxygen atoms in total. The highest BCUT2D eigenvalue weighted by Crippen LogP contribution is 2.58. The molecule has 11 rings (SSSR count). The van der Waals surface area contributed by atoms with Crippen LogP contribution in [0.4, 0.5) is 5.69 Å². The van der Waals surface area contributed by atoms with Crippen molar-refractivity contribution in [1.29, 1.82) is 0 Å². The van der Waals surface area contributed by atoms with Gasteiger partial charge in [0.15, 0.2) is 0 Å². The fourth-order valence-electron chi connectivity index (χ4n) is 9.98. The van der Waals surface area contributed by atoms with Crippen LogP contribution < -0.4 is 14.8 Å². The van der Waals surface area contributed by atoms with E-state index in [1.165, 1.54) is 38.4 Å². The average Bonchev–Trinajstić information content (AvgIpc) is 4.00. The highest BCUT2D eigenvalue weighted by Gasteiger charge is 2.47. The predicted octanol–water partition coefficient (Wildman–Crippen LogP) is 14.6. The molecule has 1 atom stereocenters. The van der Waals surface area contributed by atoms with Crippen molar-refractivity contribution in [2.75, 3.05) is 31.7 Å². The molecule has 0 amide bonds. The summed E-state index contributed by atoms with van der Waals surface area (Å²) in [5, 5.41) is 9.19. The SMILES string of the molecule is C=CC(=O)OCCOc1ccc(C(=S)Nc2ccc(C3(c4ccc5nc(-c6ccc(OCCOC(=O)C=C)cc6)sc5c4)c4ccc(-c5ccc6ccccc6c5)cc4-c4cc5ccccc5cc43)cc2C)cc1. The summed E-state index contributed by atoms with van der Waals surface area (Å²) in [7, 11) is 0. The number of thiazole rings is 1. The first-order chi connectivity index (χ1) is 36.2. The third-order valence-electron chi connectivity index (χ3n) is 13.6. The van der Waals surface area contributed by atoms with Gasteiger partial charge in [0.1, 0.15) is 47.9 Å². The van der Waals surface area contributed by atoms with Gasteiger partial charge >= 0.3 is 11.9 Å². The number of aromatic nitrogens is 1.